The third-order valence-electron chi connectivity index (χ3n) is 3.86. The Morgan fingerprint density at radius 2 is 2.11 bits per heavy atom. The average Bonchev–Trinajstić information content (AvgIpc) is 2.70. The second-order valence-corrected chi connectivity index (χ2v) is 5.65. The van der Waals surface area contributed by atoms with Gasteiger partial charge < -0.3 is 5.11 Å². The zero-order valence-corrected chi connectivity index (χ0v) is 10.9. The first-order valence-corrected chi connectivity index (χ1v) is 6.55. The highest BCUT2D eigenvalue weighted by Gasteiger charge is 2.33. The van der Waals surface area contributed by atoms with E-state index < -0.39 is 5.97 Å². The fourth-order valence-electron chi connectivity index (χ4n) is 2.75. The van der Waals surface area contributed by atoms with Crippen molar-refractivity contribution in [2.75, 3.05) is 19.6 Å². The molecule has 18 heavy (non-hydrogen) atoms. The third kappa shape index (κ3) is 3.57. The maximum absolute atomic E-state index is 10.7. The second kappa shape index (κ2) is 5.53. The van der Waals surface area contributed by atoms with Gasteiger partial charge in [0.05, 0.1) is 6.54 Å². The van der Waals surface area contributed by atoms with Gasteiger partial charge in [-0.15, -0.1) is 0 Å². The molecule has 0 aliphatic carbocycles. The van der Waals surface area contributed by atoms with Crippen LogP contribution in [0.25, 0.3) is 0 Å². The Balaban J connectivity index is 1.84. The van der Waals surface area contributed by atoms with E-state index >= 15 is 0 Å². The van der Waals surface area contributed by atoms with Gasteiger partial charge in [0.2, 0.25) is 0 Å². The standard InChI is InChI=1S/C15H21NO2/c1-15(8-7-13-5-3-2-4-6-13)9-10-16(12-15)11-14(17)18/h2-6H,7-12H2,1H3,(H,17,18)/t15-/m1/s1. The van der Waals surface area contributed by atoms with E-state index in [4.69, 9.17) is 5.11 Å². The highest BCUT2D eigenvalue weighted by atomic mass is 16.4. The molecule has 0 amide bonds. The maximum Gasteiger partial charge on any atom is 0.317 e. The van der Waals surface area contributed by atoms with Gasteiger partial charge in [-0.1, -0.05) is 37.3 Å². The van der Waals surface area contributed by atoms with E-state index in [1.807, 2.05) is 11.0 Å². The molecule has 3 nitrogen and oxygen atoms in total. The molecule has 98 valence electrons. The van der Waals surface area contributed by atoms with Gasteiger partial charge in [-0.2, -0.15) is 0 Å². The summed E-state index contributed by atoms with van der Waals surface area (Å²) in [5.41, 5.74) is 1.64. The number of aliphatic carboxylic acids is 1. The van der Waals surface area contributed by atoms with E-state index in [0.717, 1.165) is 32.4 Å². The number of likely N-dealkylation sites (tertiary alicyclic amines) is 1. The Morgan fingerprint density at radius 1 is 1.39 bits per heavy atom. The van der Waals surface area contributed by atoms with Crippen molar-refractivity contribution in [3.05, 3.63) is 35.9 Å². The SMILES string of the molecule is C[C@@]1(CCc2ccccc2)CCN(CC(=O)O)C1. The van der Waals surface area contributed by atoms with Crippen LogP contribution in [0.3, 0.4) is 0 Å². The number of hydrogen-bond donors (Lipinski definition) is 1. The molecule has 1 fully saturated rings. The van der Waals surface area contributed by atoms with Gasteiger partial charge in [-0.3, -0.25) is 9.69 Å². The van der Waals surface area contributed by atoms with Gasteiger partial charge in [-0.05, 0) is 36.8 Å². The lowest BCUT2D eigenvalue weighted by atomic mass is 9.83. The van der Waals surface area contributed by atoms with Crippen molar-refractivity contribution >= 4 is 5.97 Å². The number of carbonyl (C=O) groups is 1. The van der Waals surface area contributed by atoms with E-state index in [2.05, 4.69) is 31.2 Å². The van der Waals surface area contributed by atoms with Crippen molar-refractivity contribution in [3.8, 4) is 0 Å². The lowest BCUT2D eigenvalue weighted by Gasteiger charge is -2.24. The molecular weight excluding hydrogens is 226 g/mol. The second-order valence-electron chi connectivity index (χ2n) is 5.65. The molecule has 2 rings (SSSR count). The van der Waals surface area contributed by atoms with Gasteiger partial charge in [0.1, 0.15) is 0 Å². The number of carboxylic acids is 1. The minimum absolute atomic E-state index is 0.181. The van der Waals surface area contributed by atoms with Crippen molar-refractivity contribution < 1.29 is 9.90 Å². The molecule has 1 aliphatic heterocycles. The number of nitrogens with zero attached hydrogens (tertiary/aromatic N) is 1. The van der Waals surface area contributed by atoms with Gasteiger partial charge in [-0.25, -0.2) is 0 Å². The zero-order valence-electron chi connectivity index (χ0n) is 10.9. The number of rotatable bonds is 5. The van der Waals surface area contributed by atoms with E-state index in [-0.39, 0.29) is 12.0 Å². The molecule has 0 aromatic heterocycles. The summed E-state index contributed by atoms with van der Waals surface area (Å²) in [6.07, 6.45) is 3.32. The quantitative estimate of drug-likeness (QED) is 0.868. The van der Waals surface area contributed by atoms with Crippen LogP contribution in [0, 0.1) is 5.41 Å². The summed E-state index contributed by atoms with van der Waals surface area (Å²) >= 11 is 0. The largest absolute Gasteiger partial charge is 0.480 e. The van der Waals surface area contributed by atoms with Crippen molar-refractivity contribution in [3.63, 3.8) is 0 Å². The molecule has 3 heteroatoms. The molecule has 0 radical (unpaired) electrons. The Labute approximate surface area is 108 Å². The average molecular weight is 247 g/mol. The number of aryl methyl sites for hydroxylation is 1. The summed E-state index contributed by atoms with van der Waals surface area (Å²) in [6, 6.07) is 10.5. The summed E-state index contributed by atoms with van der Waals surface area (Å²) in [6.45, 7) is 4.28. The molecule has 0 unspecified atom stereocenters. The van der Waals surface area contributed by atoms with Gasteiger partial charge >= 0.3 is 5.97 Å². The number of hydrogen-bond acceptors (Lipinski definition) is 2. The fraction of sp³-hybridized carbons (Fsp3) is 0.533. The normalized spacial score (nSPS) is 24.3. The van der Waals surface area contributed by atoms with E-state index in [1.165, 1.54) is 5.56 Å². The fourth-order valence-corrected chi connectivity index (χ4v) is 2.75. The predicted molar refractivity (Wildman–Crippen MR) is 71.6 cm³/mol. The highest BCUT2D eigenvalue weighted by Crippen LogP contribution is 2.34. The van der Waals surface area contributed by atoms with Gasteiger partial charge in [0.15, 0.2) is 0 Å². The maximum atomic E-state index is 10.7. The minimum Gasteiger partial charge on any atom is -0.480 e. The molecule has 0 spiro atoms. The first-order chi connectivity index (χ1) is 8.57. The smallest absolute Gasteiger partial charge is 0.317 e. The van der Waals surface area contributed by atoms with Crippen LogP contribution in [0.5, 0.6) is 0 Å². The summed E-state index contributed by atoms with van der Waals surface area (Å²) < 4.78 is 0. The van der Waals surface area contributed by atoms with Crippen LogP contribution in [-0.2, 0) is 11.2 Å². The molecule has 1 aromatic carbocycles. The van der Waals surface area contributed by atoms with Crippen LogP contribution in [-0.4, -0.2) is 35.6 Å². The van der Waals surface area contributed by atoms with Crippen LogP contribution >= 0.6 is 0 Å². The van der Waals surface area contributed by atoms with Crippen molar-refractivity contribution in [1.82, 2.24) is 4.90 Å². The van der Waals surface area contributed by atoms with Crippen LogP contribution in [0.1, 0.15) is 25.3 Å². The van der Waals surface area contributed by atoms with E-state index in [1.54, 1.807) is 0 Å². The zero-order chi connectivity index (χ0) is 13.0. The summed E-state index contributed by atoms with van der Waals surface area (Å²) in [7, 11) is 0. The van der Waals surface area contributed by atoms with Crippen LogP contribution in [0.15, 0.2) is 30.3 Å². The molecule has 1 atom stereocenters. The molecule has 0 saturated carbocycles. The third-order valence-corrected chi connectivity index (χ3v) is 3.86. The monoisotopic (exact) mass is 247 g/mol. The number of carboxylic acid groups (broad SMARTS) is 1. The lowest BCUT2D eigenvalue weighted by Crippen LogP contribution is -2.30. The van der Waals surface area contributed by atoms with E-state index in [0.29, 0.717) is 0 Å². The van der Waals surface area contributed by atoms with Crippen LogP contribution in [0.4, 0.5) is 0 Å². The Morgan fingerprint density at radius 3 is 2.78 bits per heavy atom. The first kappa shape index (κ1) is 13.1. The number of benzene rings is 1. The van der Waals surface area contributed by atoms with E-state index in [9.17, 15) is 4.79 Å². The molecule has 1 aromatic rings. The molecular formula is C15H21NO2. The topological polar surface area (TPSA) is 40.5 Å². The summed E-state index contributed by atoms with van der Waals surface area (Å²) in [5.74, 6) is -0.720. The summed E-state index contributed by atoms with van der Waals surface area (Å²) in [5, 5.41) is 8.81. The lowest BCUT2D eigenvalue weighted by molar-refractivity contribution is -0.138. The molecule has 1 aliphatic rings. The molecule has 1 saturated heterocycles. The highest BCUT2D eigenvalue weighted by molar-refractivity contribution is 5.69. The van der Waals surface area contributed by atoms with Crippen molar-refractivity contribution in [2.45, 2.75) is 26.2 Å². The van der Waals surface area contributed by atoms with Gasteiger partial charge in [0.25, 0.3) is 0 Å². The van der Waals surface area contributed by atoms with Gasteiger partial charge in [0, 0.05) is 6.54 Å². The molecule has 1 heterocycles. The van der Waals surface area contributed by atoms with Crippen LogP contribution in [0.2, 0.25) is 0 Å². The Hall–Kier alpha value is -1.35. The van der Waals surface area contributed by atoms with Crippen molar-refractivity contribution in [2.24, 2.45) is 5.41 Å². The Kier molecular flexibility index (Phi) is 4.02. The van der Waals surface area contributed by atoms with Crippen LogP contribution < -0.4 is 0 Å². The minimum atomic E-state index is -0.720. The summed E-state index contributed by atoms with van der Waals surface area (Å²) in [4.78, 5) is 12.8. The first-order valence-electron chi connectivity index (χ1n) is 6.55. The Bertz CT molecular complexity index is 404. The predicted octanol–water partition coefficient (Wildman–Crippen LogP) is 2.42. The molecule has 1 N–H and O–H groups in total. The molecule has 0 bridgehead atoms. The van der Waals surface area contributed by atoms with Crippen molar-refractivity contribution in [1.29, 1.82) is 0 Å².